The van der Waals surface area contributed by atoms with Crippen molar-refractivity contribution in [3.05, 3.63) is 36.3 Å². The Morgan fingerprint density at radius 2 is 1.87 bits per heavy atom. The molecule has 0 saturated heterocycles. The van der Waals surface area contributed by atoms with Gasteiger partial charge in [0.25, 0.3) is 0 Å². The molecule has 1 aliphatic carbocycles. The van der Waals surface area contributed by atoms with Gasteiger partial charge in [-0.05, 0) is 57.9 Å². The first-order chi connectivity index (χ1) is 14.3. The third-order valence-electron chi connectivity index (χ3n) is 6.28. The molecule has 2 aromatic rings. The minimum atomic E-state index is -0.514. The molecule has 0 radical (unpaired) electrons. The summed E-state index contributed by atoms with van der Waals surface area (Å²) in [4.78, 5) is 28.7. The van der Waals surface area contributed by atoms with Crippen LogP contribution in [0.15, 0.2) is 30.5 Å². The lowest BCUT2D eigenvalue weighted by Crippen LogP contribution is -2.45. The van der Waals surface area contributed by atoms with Crippen LogP contribution in [0.3, 0.4) is 0 Å². The van der Waals surface area contributed by atoms with E-state index in [-0.39, 0.29) is 11.7 Å². The first-order valence-electron chi connectivity index (χ1n) is 10.8. The highest BCUT2D eigenvalue weighted by atomic mass is 19.1. The average Bonchev–Trinajstić information content (AvgIpc) is 3.25. The zero-order chi connectivity index (χ0) is 21.5. The number of hydrogen-bond donors (Lipinski definition) is 0. The quantitative estimate of drug-likeness (QED) is 0.740. The van der Waals surface area contributed by atoms with E-state index < -0.39 is 5.41 Å². The maximum Gasteiger partial charge on any atom is 0.234 e. The van der Waals surface area contributed by atoms with Crippen LogP contribution >= 0.6 is 0 Å². The Bertz CT molecular complexity index is 924. The topological polar surface area (TPSA) is 52.6 Å². The fourth-order valence-electron chi connectivity index (χ4n) is 4.65. The molecule has 1 amide bonds. The highest BCUT2D eigenvalue weighted by molar-refractivity contribution is 6.00. The van der Waals surface area contributed by atoms with Gasteiger partial charge >= 0.3 is 0 Å². The Kier molecular flexibility index (Phi) is 5.38. The number of anilines is 4. The largest absolute Gasteiger partial charge is 0.351 e. The highest BCUT2D eigenvalue weighted by Crippen LogP contribution is 2.40. The molecule has 30 heavy (non-hydrogen) atoms. The number of benzene rings is 1. The number of halogens is 1. The van der Waals surface area contributed by atoms with Crippen LogP contribution in [0.1, 0.15) is 46.5 Å². The van der Waals surface area contributed by atoms with Gasteiger partial charge in [0.1, 0.15) is 11.5 Å². The number of carbonyl (C=O) groups excluding carboxylic acids is 1. The van der Waals surface area contributed by atoms with Crippen molar-refractivity contribution in [3.8, 4) is 0 Å². The second-order valence-electron chi connectivity index (χ2n) is 8.91. The number of aromatic nitrogens is 2. The number of hydrogen-bond acceptors (Lipinski definition) is 5. The van der Waals surface area contributed by atoms with Crippen LogP contribution in [0, 0.1) is 11.2 Å². The Hall–Kier alpha value is -2.70. The summed E-state index contributed by atoms with van der Waals surface area (Å²) in [7, 11) is 1.81. The van der Waals surface area contributed by atoms with Gasteiger partial charge in [-0.3, -0.25) is 4.79 Å². The standard InChI is InChI=1S/C23H30FN5O/c1-5-28(18-12-10-16(24)11-13-18)22-25-14-19-20(26-22)29(17-8-6-7-9-17)15-23(2,3)21(30)27(19)4/h10-14,17H,5-9,15H2,1-4H3. The van der Waals surface area contributed by atoms with Crippen LogP contribution in [-0.2, 0) is 4.79 Å². The zero-order valence-corrected chi connectivity index (χ0v) is 18.2. The summed E-state index contributed by atoms with van der Waals surface area (Å²) >= 11 is 0. The van der Waals surface area contributed by atoms with Gasteiger partial charge in [-0.15, -0.1) is 0 Å². The number of carbonyl (C=O) groups is 1. The number of rotatable bonds is 4. The van der Waals surface area contributed by atoms with Gasteiger partial charge < -0.3 is 14.7 Å². The maximum atomic E-state index is 13.4. The van der Waals surface area contributed by atoms with Crippen molar-refractivity contribution >= 4 is 29.0 Å². The molecule has 0 atom stereocenters. The van der Waals surface area contributed by atoms with E-state index in [4.69, 9.17) is 4.98 Å². The number of nitrogens with zero attached hydrogens (tertiary/aromatic N) is 5. The Balaban J connectivity index is 1.81. The second kappa shape index (κ2) is 7.85. The molecule has 2 aliphatic rings. The molecule has 1 saturated carbocycles. The Morgan fingerprint density at radius 3 is 2.50 bits per heavy atom. The minimum Gasteiger partial charge on any atom is -0.351 e. The smallest absolute Gasteiger partial charge is 0.234 e. The van der Waals surface area contributed by atoms with E-state index in [2.05, 4.69) is 9.88 Å². The molecule has 0 bridgehead atoms. The summed E-state index contributed by atoms with van der Waals surface area (Å²) in [6.45, 7) is 7.31. The van der Waals surface area contributed by atoms with Gasteiger partial charge in [0, 0.05) is 31.9 Å². The highest BCUT2D eigenvalue weighted by Gasteiger charge is 2.41. The fraction of sp³-hybridized carbons (Fsp3) is 0.522. The first kappa shape index (κ1) is 20.6. The molecule has 1 aromatic carbocycles. The summed E-state index contributed by atoms with van der Waals surface area (Å²) in [5.74, 6) is 1.18. The molecule has 160 valence electrons. The van der Waals surface area contributed by atoms with Gasteiger partial charge in [0.05, 0.1) is 11.6 Å². The third-order valence-corrected chi connectivity index (χ3v) is 6.28. The van der Waals surface area contributed by atoms with Crippen LogP contribution in [0.2, 0.25) is 0 Å². The van der Waals surface area contributed by atoms with Crippen LogP contribution in [0.4, 0.5) is 27.5 Å². The molecule has 6 nitrogen and oxygen atoms in total. The van der Waals surface area contributed by atoms with Crippen LogP contribution in [-0.4, -0.2) is 42.1 Å². The minimum absolute atomic E-state index is 0.0754. The van der Waals surface area contributed by atoms with Gasteiger partial charge in [-0.2, -0.15) is 4.98 Å². The van der Waals surface area contributed by atoms with Crippen molar-refractivity contribution in [2.75, 3.05) is 34.8 Å². The van der Waals surface area contributed by atoms with Gasteiger partial charge in [0.2, 0.25) is 11.9 Å². The molecule has 1 aromatic heterocycles. The molecule has 1 aliphatic heterocycles. The monoisotopic (exact) mass is 411 g/mol. The molecule has 7 heteroatoms. The third kappa shape index (κ3) is 3.61. The summed E-state index contributed by atoms with van der Waals surface area (Å²) in [6, 6.07) is 6.75. The van der Waals surface area contributed by atoms with Crippen molar-refractivity contribution in [2.24, 2.45) is 5.41 Å². The fourth-order valence-corrected chi connectivity index (χ4v) is 4.65. The molecular weight excluding hydrogens is 381 g/mol. The maximum absolute atomic E-state index is 13.4. The first-order valence-corrected chi connectivity index (χ1v) is 10.8. The number of amides is 1. The molecular formula is C23H30FN5O. The zero-order valence-electron chi connectivity index (χ0n) is 18.2. The molecule has 2 heterocycles. The lowest BCUT2D eigenvalue weighted by molar-refractivity contribution is -0.125. The Morgan fingerprint density at radius 1 is 1.20 bits per heavy atom. The van der Waals surface area contributed by atoms with Crippen molar-refractivity contribution in [1.82, 2.24) is 9.97 Å². The van der Waals surface area contributed by atoms with E-state index in [1.54, 1.807) is 23.2 Å². The normalized spacial score (nSPS) is 19.0. The average molecular weight is 412 g/mol. The number of fused-ring (bicyclic) bond motifs is 1. The van der Waals surface area contributed by atoms with E-state index in [9.17, 15) is 9.18 Å². The van der Waals surface area contributed by atoms with Crippen molar-refractivity contribution in [2.45, 2.75) is 52.5 Å². The summed E-state index contributed by atoms with van der Waals surface area (Å²) in [6.07, 6.45) is 6.39. The van der Waals surface area contributed by atoms with Crippen LogP contribution < -0.4 is 14.7 Å². The van der Waals surface area contributed by atoms with Gasteiger partial charge in [-0.25, -0.2) is 9.37 Å². The lowest BCUT2D eigenvalue weighted by Gasteiger charge is -2.34. The van der Waals surface area contributed by atoms with Crippen molar-refractivity contribution in [1.29, 1.82) is 0 Å². The molecule has 1 fully saturated rings. The van der Waals surface area contributed by atoms with Crippen molar-refractivity contribution in [3.63, 3.8) is 0 Å². The molecule has 0 unspecified atom stereocenters. The van der Waals surface area contributed by atoms with E-state index in [0.29, 0.717) is 25.1 Å². The van der Waals surface area contributed by atoms with Gasteiger partial charge in [-0.1, -0.05) is 12.8 Å². The summed E-state index contributed by atoms with van der Waals surface area (Å²) < 4.78 is 13.4. The Labute approximate surface area is 177 Å². The van der Waals surface area contributed by atoms with E-state index in [1.165, 1.54) is 25.0 Å². The van der Waals surface area contributed by atoms with E-state index >= 15 is 0 Å². The predicted molar refractivity (Wildman–Crippen MR) is 118 cm³/mol. The summed E-state index contributed by atoms with van der Waals surface area (Å²) in [5.41, 5.74) is 1.07. The lowest BCUT2D eigenvalue weighted by atomic mass is 9.91. The van der Waals surface area contributed by atoms with E-state index in [1.807, 2.05) is 32.7 Å². The van der Waals surface area contributed by atoms with Gasteiger partial charge in [0.15, 0.2) is 5.82 Å². The molecule has 0 N–H and O–H groups in total. The molecule has 0 spiro atoms. The van der Waals surface area contributed by atoms with Crippen LogP contribution in [0.25, 0.3) is 0 Å². The summed E-state index contributed by atoms with van der Waals surface area (Å²) in [5, 5.41) is 0. The van der Waals surface area contributed by atoms with Crippen molar-refractivity contribution < 1.29 is 9.18 Å². The predicted octanol–water partition coefficient (Wildman–Crippen LogP) is 4.53. The molecule has 4 rings (SSSR count). The van der Waals surface area contributed by atoms with Crippen LogP contribution in [0.5, 0.6) is 0 Å². The van der Waals surface area contributed by atoms with E-state index in [0.717, 1.165) is 30.0 Å². The second-order valence-corrected chi connectivity index (χ2v) is 8.91. The SMILES string of the molecule is CCN(c1ccc(F)cc1)c1ncc2c(n1)N(C1CCCC1)CC(C)(C)C(=O)N2C.